The van der Waals surface area contributed by atoms with Crippen LogP contribution in [0.3, 0.4) is 0 Å². The lowest BCUT2D eigenvalue weighted by Gasteiger charge is -2.04. The van der Waals surface area contributed by atoms with Gasteiger partial charge in [0.2, 0.25) is 0 Å². The van der Waals surface area contributed by atoms with Gasteiger partial charge in [-0.15, -0.1) is 0 Å². The van der Waals surface area contributed by atoms with Crippen LogP contribution < -0.4 is 5.32 Å². The van der Waals surface area contributed by atoms with E-state index in [0.717, 1.165) is 12.4 Å². The lowest BCUT2D eigenvalue weighted by molar-refractivity contribution is 1.10. The molecule has 1 N–H and O–H groups in total. The third kappa shape index (κ3) is 2.38. The number of rotatable bonds is 3. The van der Waals surface area contributed by atoms with Gasteiger partial charge in [0.25, 0.3) is 0 Å². The molecule has 0 bridgehead atoms. The van der Waals surface area contributed by atoms with Crippen molar-refractivity contribution in [3.05, 3.63) is 45.8 Å². The molecule has 0 spiro atoms. The Balaban J connectivity index is 2.05. The fourth-order valence-electron chi connectivity index (χ4n) is 1.35. The number of nitrogens with one attached hydrogen (secondary N) is 1. The highest BCUT2D eigenvalue weighted by Gasteiger charge is 2.00. The Morgan fingerprint density at radius 3 is 3.00 bits per heavy atom. The summed E-state index contributed by atoms with van der Waals surface area (Å²) in [5, 5.41) is 16.2. The van der Waals surface area contributed by atoms with Crippen molar-refractivity contribution in [1.29, 1.82) is 5.26 Å². The van der Waals surface area contributed by atoms with Gasteiger partial charge in [0.05, 0.1) is 0 Å². The first-order chi connectivity index (χ1) is 7.79. The van der Waals surface area contributed by atoms with Crippen LogP contribution in [0.15, 0.2) is 29.0 Å². The molecule has 2 heterocycles. The van der Waals surface area contributed by atoms with Crippen LogP contribution in [0.25, 0.3) is 0 Å². The monoisotopic (exact) mass is 229 g/mol. The Morgan fingerprint density at radius 2 is 2.31 bits per heavy atom. The second kappa shape index (κ2) is 4.77. The summed E-state index contributed by atoms with van der Waals surface area (Å²) in [5.74, 6) is 0.740. The molecule has 2 aromatic rings. The van der Waals surface area contributed by atoms with Crippen LogP contribution >= 0.6 is 11.3 Å². The molecule has 0 aliphatic carbocycles. The smallest absolute Gasteiger partial charge is 0.142 e. The average molecular weight is 229 g/mol. The van der Waals surface area contributed by atoms with E-state index in [-0.39, 0.29) is 0 Å². The second-order valence-electron chi connectivity index (χ2n) is 3.45. The molecule has 0 atom stereocenters. The van der Waals surface area contributed by atoms with Crippen LogP contribution in [-0.2, 0) is 6.54 Å². The van der Waals surface area contributed by atoms with Gasteiger partial charge in [-0.25, -0.2) is 4.98 Å². The van der Waals surface area contributed by atoms with Crippen molar-refractivity contribution in [3.8, 4) is 6.07 Å². The lowest BCUT2D eigenvalue weighted by Crippen LogP contribution is -2.01. The van der Waals surface area contributed by atoms with Crippen LogP contribution in [0, 0.1) is 18.3 Å². The molecular formula is C12H11N3S. The highest BCUT2D eigenvalue weighted by atomic mass is 32.1. The van der Waals surface area contributed by atoms with Crippen molar-refractivity contribution in [1.82, 2.24) is 4.98 Å². The lowest BCUT2D eigenvalue weighted by atomic mass is 10.2. The molecule has 80 valence electrons. The Labute approximate surface area is 98.4 Å². The van der Waals surface area contributed by atoms with Crippen molar-refractivity contribution in [2.24, 2.45) is 0 Å². The highest BCUT2D eigenvalue weighted by molar-refractivity contribution is 7.08. The van der Waals surface area contributed by atoms with Crippen molar-refractivity contribution in [3.63, 3.8) is 0 Å². The van der Waals surface area contributed by atoms with E-state index >= 15 is 0 Å². The minimum absolute atomic E-state index is 0.437. The molecule has 0 saturated heterocycles. The third-order valence-corrected chi connectivity index (χ3v) is 3.20. The maximum Gasteiger partial charge on any atom is 0.142 e. The maximum atomic E-state index is 8.72. The van der Waals surface area contributed by atoms with Gasteiger partial charge in [-0.2, -0.15) is 16.6 Å². The first kappa shape index (κ1) is 10.7. The van der Waals surface area contributed by atoms with Gasteiger partial charge in [0.15, 0.2) is 0 Å². The molecule has 0 aliphatic heterocycles. The summed E-state index contributed by atoms with van der Waals surface area (Å²) >= 11 is 1.70. The van der Waals surface area contributed by atoms with Crippen molar-refractivity contribution >= 4 is 17.2 Å². The Bertz CT molecular complexity index is 525. The van der Waals surface area contributed by atoms with E-state index in [1.807, 2.05) is 18.2 Å². The Hall–Kier alpha value is -1.86. The average Bonchev–Trinajstić information content (AvgIpc) is 2.72. The predicted octanol–water partition coefficient (Wildman–Crippen LogP) is 2.94. The van der Waals surface area contributed by atoms with E-state index in [1.54, 1.807) is 17.4 Å². The fraction of sp³-hybridized carbons (Fsp3) is 0.167. The van der Waals surface area contributed by atoms with Gasteiger partial charge in [0, 0.05) is 6.54 Å². The highest BCUT2D eigenvalue weighted by Crippen LogP contribution is 2.15. The van der Waals surface area contributed by atoms with E-state index in [2.05, 4.69) is 28.0 Å². The van der Waals surface area contributed by atoms with Gasteiger partial charge in [-0.05, 0) is 40.9 Å². The number of aryl methyl sites for hydroxylation is 1. The summed E-state index contributed by atoms with van der Waals surface area (Å²) in [5.41, 5.74) is 3.00. The van der Waals surface area contributed by atoms with Crippen molar-refractivity contribution < 1.29 is 0 Å². The number of aromatic nitrogens is 1. The van der Waals surface area contributed by atoms with E-state index in [4.69, 9.17) is 5.26 Å². The number of anilines is 1. The van der Waals surface area contributed by atoms with E-state index in [9.17, 15) is 0 Å². The first-order valence-corrected chi connectivity index (χ1v) is 5.86. The van der Waals surface area contributed by atoms with Crippen LogP contribution in [0.1, 0.15) is 16.8 Å². The molecule has 0 radical (unpaired) electrons. The number of pyridine rings is 1. The summed E-state index contributed by atoms with van der Waals surface area (Å²) < 4.78 is 0. The molecule has 0 amide bonds. The summed E-state index contributed by atoms with van der Waals surface area (Å²) in [6, 6.07) is 7.41. The molecule has 0 saturated carbocycles. The summed E-state index contributed by atoms with van der Waals surface area (Å²) in [4.78, 5) is 4.15. The van der Waals surface area contributed by atoms with Gasteiger partial charge in [-0.3, -0.25) is 0 Å². The third-order valence-electron chi connectivity index (χ3n) is 2.29. The molecule has 2 rings (SSSR count). The number of nitrogens with zero attached hydrogens (tertiary/aromatic N) is 2. The number of hydrogen-bond acceptors (Lipinski definition) is 4. The van der Waals surface area contributed by atoms with Crippen LogP contribution in [0.2, 0.25) is 0 Å². The topological polar surface area (TPSA) is 48.7 Å². The predicted molar refractivity (Wildman–Crippen MR) is 65.3 cm³/mol. The first-order valence-electron chi connectivity index (χ1n) is 4.92. The van der Waals surface area contributed by atoms with Crippen molar-refractivity contribution in [2.75, 3.05) is 5.32 Å². The van der Waals surface area contributed by atoms with Gasteiger partial charge < -0.3 is 5.32 Å². The number of nitriles is 1. The van der Waals surface area contributed by atoms with Crippen molar-refractivity contribution in [2.45, 2.75) is 13.5 Å². The standard InChI is InChI=1S/C12H11N3S/c1-9-7-16-8-10(9)6-14-12-4-2-3-11(5-13)15-12/h2-4,7-8H,6H2,1H3,(H,14,15). The molecule has 16 heavy (non-hydrogen) atoms. The fourth-order valence-corrected chi connectivity index (χ4v) is 2.21. The van der Waals surface area contributed by atoms with Gasteiger partial charge >= 0.3 is 0 Å². The summed E-state index contributed by atoms with van der Waals surface area (Å²) in [6.45, 7) is 2.84. The second-order valence-corrected chi connectivity index (χ2v) is 4.20. The normalized spacial score (nSPS) is 9.75. The summed E-state index contributed by atoms with van der Waals surface area (Å²) in [7, 11) is 0. The molecule has 0 aromatic carbocycles. The maximum absolute atomic E-state index is 8.72. The van der Waals surface area contributed by atoms with E-state index in [1.165, 1.54) is 11.1 Å². The number of thiophene rings is 1. The largest absolute Gasteiger partial charge is 0.366 e. The molecule has 0 aliphatic rings. The van der Waals surface area contributed by atoms with Gasteiger partial charge in [-0.1, -0.05) is 6.07 Å². The molecule has 3 nitrogen and oxygen atoms in total. The molecule has 0 unspecified atom stereocenters. The van der Waals surface area contributed by atoms with Crippen LogP contribution in [-0.4, -0.2) is 4.98 Å². The summed E-state index contributed by atoms with van der Waals surface area (Å²) in [6.07, 6.45) is 0. The Kier molecular flexibility index (Phi) is 3.18. The zero-order chi connectivity index (χ0) is 11.4. The van der Waals surface area contributed by atoms with E-state index < -0.39 is 0 Å². The zero-order valence-electron chi connectivity index (χ0n) is 8.90. The number of hydrogen-bond donors (Lipinski definition) is 1. The van der Waals surface area contributed by atoms with Gasteiger partial charge in [0.1, 0.15) is 17.6 Å². The molecule has 4 heteroatoms. The minimum Gasteiger partial charge on any atom is -0.366 e. The molecular weight excluding hydrogens is 218 g/mol. The zero-order valence-corrected chi connectivity index (χ0v) is 9.71. The Morgan fingerprint density at radius 1 is 1.44 bits per heavy atom. The van der Waals surface area contributed by atoms with E-state index in [0.29, 0.717) is 5.69 Å². The van der Waals surface area contributed by atoms with Crippen LogP contribution in [0.5, 0.6) is 0 Å². The SMILES string of the molecule is Cc1cscc1CNc1cccc(C#N)n1. The van der Waals surface area contributed by atoms with Crippen LogP contribution in [0.4, 0.5) is 5.82 Å². The quantitative estimate of drug-likeness (QED) is 0.880. The minimum atomic E-state index is 0.437. The molecule has 2 aromatic heterocycles. The molecule has 0 fully saturated rings.